The highest BCUT2D eigenvalue weighted by Crippen LogP contribution is 2.30. The summed E-state index contributed by atoms with van der Waals surface area (Å²) < 4.78 is 10.7. The summed E-state index contributed by atoms with van der Waals surface area (Å²) in [4.78, 5) is 0. The first kappa shape index (κ1) is 20.8. The Bertz CT molecular complexity index is 748. The zero-order valence-electron chi connectivity index (χ0n) is 16.5. The number of allylic oxidation sites excluding steroid dienone is 2. The van der Waals surface area contributed by atoms with Gasteiger partial charge in [0.05, 0.1) is 14.2 Å². The normalized spacial score (nSPS) is 11.5. The molecule has 0 fully saturated rings. The molecule has 0 heterocycles. The van der Waals surface area contributed by atoms with E-state index in [4.69, 9.17) is 14.6 Å². The van der Waals surface area contributed by atoms with Crippen LogP contribution in [0.25, 0.3) is 0 Å². The van der Waals surface area contributed by atoms with Crippen LogP contribution < -0.4 is 9.47 Å². The lowest BCUT2D eigenvalue weighted by Crippen LogP contribution is -2.01. The zero-order valence-corrected chi connectivity index (χ0v) is 16.5. The molecule has 0 spiro atoms. The van der Waals surface area contributed by atoms with E-state index in [1.165, 1.54) is 11.1 Å². The first-order valence-electron chi connectivity index (χ1n) is 9.35. The molecule has 0 aliphatic carbocycles. The van der Waals surface area contributed by atoms with Crippen LogP contribution in [0.1, 0.15) is 36.5 Å². The monoisotopic (exact) mass is 370 g/mol. The van der Waals surface area contributed by atoms with Gasteiger partial charge in [-0.15, -0.1) is 0 Å². The molecule has 0 amide bonds. The number of aliphatic hydroxyl groups excluding tert-OH is 1. The van der Waals surface area contributed by atoms with Gasteiger partial charge in [-0.1, -0.05) is 23.8 Å². The molecule has 0 aliphatic rings. The maximum atomic E-state index is 10.1. The summed E-state index contributed by atoms with van der Waals surface area (Å²) in [6.45, 7) is 2.29. The van der Waals surface area contributed by atoms with E-state index >= 15 is 0 Å². The van der Waals surface area contributed by atoms with E-state index < -0.39 is 0 Å². The van der Waals surface area contributed by atoms with Crippen molar-refractivity contribution in [1.82, 2.24) is 0 Å². The number of hydrogen-bond donors (Lipinski definition) is 2. The molecule has 0 aromatic heterocycles. The molecule has 2 rings (SSSR count). The molecule has 0 aliphatic heterocycles. The van der Waals surface area contributed by atoms with Crippen LogP contribution in [-0.4, -0.2) is 31.0 Å². The molecule has 146 valence electrons. The number of aryl methyl sites for hydroxylation is 2. The van der Waals surface area contributed by atoms with E-state index in [-0.39, 0.29) is 12.4 Å². The Labute approximate surface area is 162 Å². The Kier molecular flexibility index (Phi) is 8.21. The number of phenolic OH excluding ortho intramolecular Hbond substituents is 1. The van der Waals surface area contributed by atoms with Crippen molar-refractivity contribution < 1.29 is 19.7 Å². The van der Waals surface area contributed by atoms with Crippen molar-refractivity contribution in [3.63, 3.8) is 0 Å². The summed E-state index contributed by atoms with van der Waals surface area (Å²) in [5.41, 5.74) is 4.67. The van der Waals surface area contributed by atoms with Crippen LogP contribution in [0.3, 0.4) is 0 Å². The van der Waals surface area contributed by atoms with Crippen LogP contribution in [0.15, 0.2) is 48.0 Å². The molecular formula is C23H30O4. The lowest BCUT2D eigenvalue weighted by Gasteiger charge is -2.14. The van der Waals surface area contributed by atoms with Crippen LogP contribution in [0.5, 0.6) is 17.2 Å². The van der Waals surface area contributed by atoms with Gasteiger partial charge in [-0.05, 0) is 68.4 Å². The number of aromatic hydroxyl groups is 1. The van der Waals surface area contributed by atoms with E-state index in [2.05, 4.69) is 25.1 Å². The smallest absolute Gasteiger partial charge is 0.126 e. The van der Waals surface area contributed by atoms with Gasteiger partial charge in [0.25, 0.3) is 0 Å². The Hall–Kier alpha value is -2.46. The van der Waals surface area contributed by atoms with Crippen molar-refractivity contribution in [2.75, 3.05) is 20.8 Å². The summed E-state index contributed by atoms with van der Waals surface area (Å²) >= 11 is 0. The first-order chi connectivity index (χ1) is 13.1. The van der Waals surface area contributed by atoms with Gasteiger partial charge in [0.15, 0.2) is 0 Å². The number of hydrogen-bond acceptors (Lipinski definition) is 4. The van der Waals surface area contributed by atoms with Crippen molar-refractivity contribution in [2.45, 2.75) is 39.0 Å². The Morgan fingerprint density at radius 3 is 2.41 bits per heavy atom. The number of phenols is 1. The van der Waals surface area contributed by atoms with Crippen molar-refractivity contribution >= 4 is 0 Å². The highest BCUT2D eigenvalue weighted by Gasteiger charge is 2.11. The quantitative estimate of drug-likeness (QED) is 0.607. The second-order valence-electron chi connectivity index (χ2n) is 6.72. The van der Waals surface area contributed by atoms with Crippen molar-refractivity contribution in [2.24, 2.45) is 0 Å². The van der Waals surface area contributed by atoms with Crippen molar-refractivity contribution in [3.8, 4) is 17.2 Å². The molecule has 0 unspecified atom stereocenters. The van der Waals surface area contributed by atoms with Gasteiger partial charge in [-0.2, -0.15) is 0 Å². The summed E-state index contributed by atoms with van der Waals surface area (Å²) in [5.74, 6) is 1.79. The van der Waals surface area contributed by atoms with E-state index in [9.17, 15) is 5.11 Å². The average molecular weight is 370 g/mol. The molecule has 4 heteroatoms. The molecule has 27 heavy (non-hydrogen) atoms. The van der Waals surface area contributed by atoms with Gasteiger partial charge < -0.3 is 19.7 Å². The van der Waals surface area contributed by atoms with Crippen molar-refractivity contribution in [1.29, 1.82) is 0 Å². The van der Waals surface area contributed by atoms with Gasteiger partial charge in [-0.25, -0.2) is 0 Å². The summed E-state index contributed by atoms with van der Waals surface area (Å²) in [5, 5.41) is 19.1. The van der Waals surface area contributed by atoms with Crippen LogP contribution >= 0.6 is 0 Å². The number of rotatable bonds is 10. The average Bonchev–Trinajstić information content (AvgIpc) is 2.69. The zero-order chi connectivity index (χ0) is 19.6. The number of methoxy groups -OCH3 is 2. The fraction of sp³-hybridized carbons (Fsp3) is 0.391. The molecule has 2 aromatic carbocycles. The van der Waals surface area contributed by atoms with Gasteiger partial charge in [0.2, 0.25) is 0 Å². The maximum absolute atomic E-state index is 10.1. The number of aliphatic hydroxyl groups is 1. The molecule has 0 saturated carbocycles. The van der Waals surface area contributed by atoms with E-state index in [1.807, 2.05) is 18.2 Å². The van der Waals surface area contributed by atoms with E-state index in [1.54, 1.807) is 20.3 Å². The Morgan fingerprint density at radius 1 is 1.04 bits per heavy atom. The van der Waals surface area contributed by atoms with Gasteiger partial charge in [-0.3, -0.25) is 0 Å². The Balaban J connectivity index is 2.18. The van der Waals surface area contributed by atoms with Crippen molar-refractivity contribution in [3.05, 3.63) is 64.7 Å². The predicted octanol–water partition coefficient (Wildman–Crippen LogP) is 4.46. The molecule has 2 aromatic rings. The fourth-order valence-electron chi connectivity index (χ4n) is 3.13. The van der Waals surface area contributed by atoms with Gasteiger partial charge in [0, 0.05) is 18.2 Å². The second kappa shape index (κ2) is 10.6. The van der Waals surface area contributed by atoms with Crippen LogP contribution in [-0.2, 0) is 19.3 Å². The summed E-state index contributed by atoms with van der Waals surface area (Å²) in [6.07, 6.45) is 6.28. The van der Waals surface area contributed by atoms with Crippen LogP contribution in [0.2, 0.25) is 0 Å². The minimum atomic E-state index is 0.209. The van der Waals surface area contributed by atoms with E-state index in [0.717, 1.165) is 49.0 Å². The van der Waals surface area contributed by atoms with Crippen LogP contribution in [0.4, 0.5) is 0 Å². The lowest BCUT2D eigenvalue weighted by molar-refractivity contribution is 0.288. The Morgan fingerprint density at radius 2 is 1.78 bits per heavy atom. The van der Waals surface area contributed by atoms with Gasteiger partial charge in [0.1, 0.15) is 17.2 Å². The molecule has 0 saturated heterocycles. The minimum absolute atomic E-state index is 0.209. The number of ether oxygens (including phenoxy) is 2. The molecule has 0 bridgehead atoms. The molecule has 2 N–H and O–H groups in total. The molecular weight excluding hydrogens is 340 g/mol. The topological polar surface area (TPSA) is 58.9 Å². The summed E-state index contributed by atoms with van der Waals surface area (Å²) in [6, 6.07) is 11.6. The first-order valence-corrected chi connectivity index (χ1v) is 9.35. The van der Waals surface area contributed by atoms with Crippen LogP contribution in [0, 0.1) is 0 Å². The third-order valence-corrected chi connectivity index (χ3v) is 4.73. The third kappa shape index (κ3) is 6.33. The maximum Gasteiger partial charge on any atom is 0.126 e. The molecule has 4 nitrogen and oxygen atoms in total. The minimum Gasteiger partial charge on any atom is -0.508 e. The fourth-order valence-corrected chi connectivity index (χ4v) is 3.13. The van der Waals surface area contributed by atoms with Gasteiger partial charge >= 0.3 is 0 Å². The second-order valence-corrected chi connectivity index (χ2v) is 6.72. The standard InChI is InChI=1S/C23H30O4/c1-17(5-4-14-24)6-13-22-19(15-20(25)16-23(22)27-3)10-7-18-8-11-21(26-2)12-9-18/h6,8-9,11-12,15-16,24-25H,4-5,7,10,13-14H2,1-3H3/b17-6+. The molecule has 0 radical (unpaired) electrons. The van der Waals surface area contributed by atoms with E-state index in [0.29, 0.717) is 5.75 Å². The SMILES string of the molecule is COc1ccc(CCc2cc(O)cc(OC)c2C/C=C(\C)CCCO)cc1. The largest absolute Gasteiger partial charge is 0.508 e. The third-order valence-electron chi connectivity index (χ3n) is 4.73. The molecule has 0 atom stereocenters. The lowest BCUT2D eigenvalue weighted by atomic mass is 9.95. The highest BCUT2D eigenvalue weighted by atomic mass is 16.5. The number of benzene rings is 2. The summed E-state index contributed by atoms with van der Waals surface area (Å²) in [7, 11) is 3.30. The highest BCUT2D eigenvalue weighted by molar-refractivity contribution is 5.47. The predicted molar refractivity (Wildman–Crippen MR) is 109 cm³/mol.